The summed E-state index contributed by atoms with van der Waals surface area (Å²) in [4.78, 5) is 26.1. The molecule has 0 aliphatic carbocycles. The largest absolute Gasteiger partial charge is 0.497 e. The zero-order valence-corrected chi connectivity index (χ0v) is 21.4. The van der Waals surface area contributed by atoms with Gasteiger partial charge in [-0.3, -0.25) is 9.59 Å². The fourth-order valence-electron chi connectivity index (χ4n) is 4.21. The quantitative estimate of drug-likeness (QED) is 0.325. The van der Waals surface area contributed by atoms with Crippen molar-refractivity contribution < 1.29 is 13.9 Å². The van der Waals surface area contributed by atoms with Crippen LogP contribution in [0.4, 0.5) is 4.39 Å². The molecule has 0 spiro atoms. The van der Waals surface area contributed by atoms with Crippen molar-refractivity contribution in [2.75, 3.05) is 7.11 Å². The second-order valence-electron chi connectivity index (χ2n) is 8.51. The highest BCUT2D eigenvalue weighted by atomic mass is 79.9. The first kappa shape index (κ1) is 24.6. The third-order valence-electron chi connectivity index (χ3n) is 6.12. The standard InChI is InChI=1S/C28H22BrFN4O3/c1-37-23-11-7-18(8-12-23)25-16-26(19-5-9-22(30)10-6-19)34(32-25)28(36)17-33-27(35)14-13-24(31-33)20-3-2-4-21(29)15-20/h2-15,26H,16-17H2,1H3. The molecule has 0 saturated carbocycles. The van der Waals surface area contributed by atoms with Gasteiger partial charge in [0.05, 0.1) is 24.6 Å². The maximum Gasteiger partial charge on any atom is 0.267 e. The summed E-state index contributed by atoms with van der Waals surface area (Å²) in [6.07, 6.45) is 0.435. The average molecular weight is 561 g/mol. The van der Waals surface area contributed by atoms with E-state index < -0.39 is 17.5 Å². The number of carbonyl (C=O) groups is 1. The Balaban J connectivity index is 1.47. The molecule has 9 heteroatoms. The number of ether oxygens (including phenoxy) is 1. The monoisotopic (exact) mass is 560 g/mol. The van der Waals surface area contributed by atoms with E-state index in [-0.39, 0.29) is 12.4 Å². The highest BCUT2D eigenvalue weighted by molar-refractivity contribution is 9.10. The van der Waals surface area contributed by atoms with Gasteiger partial charge in [0.1, 0.15) is 18.1 Å². The topological polar surface area (TPSA) is 76.8 Å². The second-order valence-corrected chi connectivity index (χ2v) is 9.43. The van der Waals surface area contributed by atoms with Gasteiger partial charge in [0.25, 0.3) is 11.5 Å². The minimum atomic E-state index is -0.450. The second kappa shape index (κ2) is 10.5. The minimum absolute atomic E-state index is 0.294. The lowest BCUT2D eigenvalue weighted by atomic mass is 9.98. The van der Waals surface area contributed by atoms with Crippen LogP contribution in [-0.4, -0.2) is 33.5 Å². The molecule has 0 fully saturated rings. The van der Waals surface area contributed by atoms with Crippen molar-refractivity contribution in [3.8, 4) is 17.0 Å². The molecule has 2 heterocycles. The maximum atomic E-state index is 13.6. The SMILES string of the molecule is COc1ccc(C2=NN(C(=O)Cn3nc(-c4cccc(Br)c4)ccc3=O)C(c3ccc(F)cc3)C2)cc1. The highest BCUT2D eigenvalue weighted by Gasteiger charge is 2.33. The lowest BCUT2D eigenvalue weighted by Gasteiger charge is -2.22. The van der Waals surface area contributed by atoms with E-state index in [0.29, 0.717) is 23.6 Å². The smallest absolute Gasteiger partial charge is 0.267 e. The van der Waals surface area contributed by atoms with E-state index in [0.717, 1.165) is 25.8 Å². The highest BCUT2D eigenvalue weighted by Crippen LogP contribution is 2.33. The molecular weight excluding hydrogens is 539 g/mol. The van der Waals surface area contributed by atoms with Crippen molar-refractivity contribution in [3.63, 3.8) is 0 Å². The summed E-state index contributed by atoms with van der Waals surface area (Å²) in [5.74, 6) is -0.0593. The molecule has 0 radical (unpaired) electrons. The number of rotatable bonds is 6. The number of hydrazone groups is 1. The fourth-order valence-corrected chi connectivity index (χ4v) is 4.61. The van der Waals surface area contributed by atoms with Crippen LogP contribution < -0.4 is 10.3 Å². The van der Waals surface area contributed by atoms with Gasteiger partial charge in [-0.05, 0) is 65.7 Å². The van der Waals surface area contributed by atoms with Gasteiger partial charge in [0, 0.05) is 22.5 Å². The van der Waals surface area contributed by atoms with Crippen molar-refractivity contribution in [2.24, 2.45) is 5.10 Å². The Kier molecular flexibility index (Phi) is 6.96. The lowest BCUT2D eigenvalue weighted by molar-refractivity contribution is -0.133. The van der Waals surface area contributed by atoms with Crippen molar-refractivity contribution >= 4 is 27.5 Å². The molecule has 3 aromatic carbocycles. The van der Waals surface area contributed by atoms with E-state index in [9.17, 15) is 14.0 Å². The molecule has 37 heavy (non-hydrogen) atoms. The third-order valence-corrected chi connectivity index (χ3v) is 6.61. The Morgan fingerprint density at radius 2 is 1.78 bits per heavy atom. The van der Waals surface area contributed by atoms with Crippen LogP contribution in [0.1, 0.15) is 23.6 Å². The van der Waals surface area contributed by atoms with Crippen molar-refractivity contribution in [2.45, 2.75) is 19.0 Å². The molecule has 1 amide bonds. The Labute approximate surface area is 220 Å². The van der Waals surface area contributed by atoms with Crippen LogP contribution in [-0.2, 0) is 11.3 Å². The Bertz CT molecular complexity index is 1530. The number of benzene rings is 3. The molecule has 4 aromatic rings. The van der Waals surface area contributed by atoms with E-state index in [1.54, 1.807) is 25.3 Å². The molecule has 1 unspecified atom stereocenters. The summed E-state index contributed by atoms with van der Waals surface area (Å²) >= 11 is 3.44. The molecule has 0 saturated heterocycles. The van der Waals surface area contributed by atoms with Gasteiger partial charge >= 0.3 is 0 Å². The van der Waals surface area contributed by atoms with Gasteiger partial charge in [0.2, 0.25) is 0 Å². The van der Waals surface area contributed by atoms with E-state index in [2.05, 4.69) is 26.1 Å². The summed E-state index contributed by atoms with van der Waals surface area (Å²) < 4.78 is 20.9. The fraction of sp³-hybridized carbons (Fsp3) is 0.143. The number of amides is 1. The van der Waals surface area contributed by atoms with Gasteiger partial charge in [-0.1, -0.05) is 40.2 Å². The van der Waals surface area contributed by atoms with Gasteiger partial charge in [-0.2, -0.15) is 10.2 Å². The first-order valence-electron chi connectivity index (χ1n) is 11.5. The van der Waals surface area contributed by atoms with Crippen LogP contribution in [0.25, 0.3) is 11.3 Å². The molecule has 5 rings (SSSR count). The van der Waals surface area contributed by atoms with E-state index in [1.807, 2.05) is 48.5 Å². The molecule has 7 nitrogen and oxygen atoms in total. The van der Waals surface area contributed by atoms with Gasteiger partial charge < -0.3 is 4.74 Å². The lowest BCUT2D eigenvalue weighted by Crippen LogP contribution is -2.34. The maximum absolute atomic E-state index is 13.6. The number of hydrogen-bond donors (Lipinski definition) is 0. The number of aromatic nitrogens is 2. The minimum Gasteiger partial charge on any atom is -0.497 e. The van der Waals surface area contributed by atoms with Crippen molar-refractivity contribution in [1.29, 1.82) is 0 Å². The van der Waals surface area contributed by atoms with Crippen LogP contribution in [0.5, 0.6) is 5.75 Å². The molecule has 0 N–H and O–H groups in total. The van der Waals surface area contributed by atoms with Crippen molar-refractivity contribution in [1.82, 2.24) is 14.8 Å². The normalized spacial score (nSPS) is 14.9. The summed E-state index contributed by atoms with van der Waals surface area (Å²) in [6, 6.07) is 23.5. The summed E-state index contributed by atoms with van der Waals surface area (Å²) in [5, 5.41) is 10.4. The van der Waals surface area contributed by atoms with Crippen LogP contribution in [0, 0.1) is 5.82 Å². The van der Waals surface area contributed by atoms with Crippen LogP contribution in [0.2, 0.25) is 0 Å². The zero-order valence-electron chi connectivity index (χ0n) is 19.8. The van der Waals surface area contributed by atoms with Crippen molar-refractivity contribution in [3.05, 3.63) is 117 Å². The molecule has 186 valence electrons. The predicted octanol–water partition coefficient (Wildman–Crippen LogP) is 5.20. The van der Waals surface area contributed by atoms with E-state index >= 15 is 0 Å². The Morgan fingerprint density at radius 1 is 1.03 bits per heavy atom. The summed E-state index contributed by atoms with van der Waals surface area (Å²) in [5.41, 5.74) is 3.26. The first-order chi connectivity index (χ1) is 17.9. The number of methoxy groups -OCH3 is 1. The van der Waals surface area contributed by atoms with Crippen LogP contribution in [0.15, 0.2) is 99.3 Å². The average Bonchev–Trinajstić information content (AvgIpc) is 3.36. The number of carbonyl (C=O) groups excluding carboxylic acids is 1. The zero-order chi connectivity index (χ0) is 25.9. The molecule has 1 aliphatic rings. The van der Waals surface area contributed by atoms with Gasteiger partial charge in [-0.25, -0.2) is 14.1 Å². The number of halogens is 2. The summed E-state index contributed by atoms with van der Waals surface area (Å²) in [6.45, 7) is -0.294. The number of nitrogens with zero attached hydrogens (tertiary/aromatic N) is 4. The van der Waals surface area contributed by atoms with Crippen LogP contribution in [0.3, 0.4) is 0 Å². The number of hydrogen-bond acceptors (Lipinski definition) is 5. The predicted molar refractivity (Wildman–Crippen MR) is 142 cm³/mol. The third kappa shape index (κ3) is 5.36. The summed E-state index contributed by atoms with van der Waals surface area (Å²) in [7, 11) is 1.59. The van der Waals surface area contributed by atoms with Gasteiger partial charge in [0.15, 0.2) is 0 Å². The molecule has 1 aromatic heterocycles. The molecule has 1 atom stereocenters. The molecule has 1 aliphatic heterocycles. The Morgan fingerprint density at radius 3 is 2.49 bits per heavy atom. The van der Waals surface area contributed by atoms with Gasteiger partial charge in [-0.15, -0.1) is 0 Å². The first-order valence-corrected chi connectivity index (χ1v) is 12.3. The van der Waals surface area contributed by atoms with E-state index in [1.165, 1.54) is 23.2 Å². The van der Waals surface area contributed by atoms with E-state index in [4.69, 9.17) is 4.74 Å². The van der Waals surface area contributed by atoms with Crippen LogP contribution >= 0.6 is 15.9 Å². The molecular formula is C28H22BrFN4O3. The Hall–Kier alpha value is -4.11. The molecule has 0 bridgehead atoms.